The van der Waals surface area contributed by atoms with Crippen LogP contribution < -0.4 is 5.32 Å². The minimum absolute atomic E-state index is 0.187. The molecule has 5 heteroatoms. The van der Waals surface area contributed by atoms with E-state index in [-0.39, 0.29) is 17.9 Å². The van der Waals surface area contributed by atoms with Crippen molar-refractivity contribution >= 4 is 22.8 Å². The quantitative estimate of drug-likeness (QED) is 0.898. The zero-order valence-electron chi connectivity index (χ0n) is 11.3. The van der Waals surface area contributed by atoms with Crippen LogP contribution in [0.3, 0.4) is 0 Å². The van der Waals surface area contributed by atoms with Crippen molar-refractivity contribution in [1.82, 2.24) is 15.2 Å². The summed E-state index contributed by atoms with van der Waals surface area (Å²) in [5, 5.41) is 11.6. The van der Waals surface area contributed by atoms with Crippen LogP contribution in [0.5, 0.6) is 0 Å². The van der Waals surface area contributed by atoms with Crippen molar-refractivity contribution in [3.8, 4) is 0 Å². The minimum atomic E-state index is -0.313. The average molecular weight is 268 g/mol. The first-order valence-electron chi connectivity index (χ1n) is 6.71. The van der Waals surface area contributed by atoms with Crippen molar-refractivity contribution in [3.63, 3.8) is 0 Å². The van der Waals surface area contributed by atoms with Crippen LogP contribution in [0.15, 0.2) is 36.5 Å². The Kier molecular flexibility index (Phi) is 3.10. The Morgan fingerprint density at radius 3 is 3.05 bits per heavy atom. The zero-order chi connectivity index (χ0) is 14.1. The van der Waals surface area contributed by atoms with Gasteiger partial charge in [0.15, 0.2) is 0 Å². The molecule has 2 amide bonds. The highest BCUT2D eigenvalue weighted by molar-refractivity contribution is 6.06. The molecule has 1 aliphatic rings. The topological polar surface area (TPSA) is 69.1 Å². The molecule has 20 heavy (non-hydrogen) atoms. The van der Waals surface area contributed by atoms with Gasteiger partial charge in [-0.2, -0.15) is 0 Å². The molecule has 1 aliphatic heterocycles. The summed E-state index contributed by atoms with van der Waals surface area (Å²) < 4.78 is 0. The fraction of sp³-hybridized carbons (Fsp3) is 0.267. The second kappa shape index (κ2) is 4.92. The number of amides is 2. The molecule has 2 heterocycles. The smallest absolute Gasteiger partial charge is 0.310 e. The van der Waals surface area contributed by atoms with Crippen molar-refractivity contribution < 1.29 is 4.79 Å². The van der Waals surface area contributed by atoms with Crippen LogP contribution in [0.1, 0.15) is 24.9 Å². The highest BCUT2D eigenvalue weighted by Gasteiger charge is 2.36. The highest BCUT2D eigenvalue weighted by Crippen LogP contribution is 2.28. The third-order valence-electron chi connectivity index (χ3n) is 3.49. The molecule has 1 unspecified atom stereocenters. The Morgan fingerprint density at radius 1 is 1.40 bits per heavy atom. The van der Waals surface area contributed by atoms with Crippen molar-refractivity contribution in [2.75, 3.05) is 6.54 Å². The van der Waals surface area contributed by atoms with Gasteiger partial charge in [0.1, 0.15) is 11.9 Å². The largest absolute Gasteiger partial charge is 0.323 e. The van der Waals surface area contributed by atoms with Crippen molar-refractivity contribution in [2.24, 2.45) is 0 Å². The summed E-state index contributed by atoms with van der Waals surface area (Å²) in [6.07, 6.45) is 2.63. The Bertz CT molecular complexity index is 682. The Hall–Kier alpha value is -2.43. The maximum atomic E-state index is 11.9. The van der Waals surface area contributed by atoms with E-state index in [1.54, 1.807) is 11.1 Å². The van der Waals surface area contributed by atoms with Gasteiger partial charge in [0.05, 0.1) is 5.52 Å². The van der Waals surface area contributed by atoms with Crippen LogP contribution >= 0.6 is 0 Å². The van der Waals surface area contributed by atoms with Crippen LogP contribution in [0, 0.1) is 5.41 Å². The van der Waals surface area contributed by atoms with E-state index in [0.29, 0.717) is 6.54 Å². The van der Waals surface area contributed by atoms with E-state index in [4.69, 9.17) is 5.41 Å². The Morgan fingerprint density at radius 2 is 2.25 bits per heavy atom. The fourth-order valence-electron chi connectivity index (χ4n) is 2.61. The van der Waals surface area contributed by atoms with E-state index in [0.717, 1.165) is 22.9 Å². The molecule has 3 rings (SSSR count). The second-order valence-corrected chi connectivity index (χ2v) is 4.90. The molecule has 1 fully saturated rings. The molecule has 1 atom stereocenters. The summed E-state index contributed by atoms with van der Waals surface area (Å²) in [6, 6.07) is 9.26. The van der Waals surface area contributed by atoms with Gasteiger partial charge in [0.25, 0.3) is 0 Å². The number of carbonyl (C=O) groups is 1. The maximum absolute atomic E-state index is 11.9. The van der Waals surface area contributed by atoms with Crippen molar-refractivity contribution in [3.05, 3.63) is 42.1 Å². The Labute approximate surface area is 117 Å². The summed E-state index contributed by atoms with van der Waals surface area (Å²) >= 11 is 0. The number of fused-ring (bicyclic) bond motifs is 1. The summed E-state index contributed by atoms with van der Waals surface area (Å²) in [5.41, 5.74) is 1.87. The number of hydrogen-bond acceptors (Lipinski definition) is 3. The van der Waals surface area contributed by atoms with Gasteiger partial charge in [-0.15, -0.1) is 0 Å². The number of rotatable bonds is 3. The van der Waals surface area contributed by atoms with Crippen LogP contribution in [0.2, 0.25) is 0 Å². The molecular weight excluding hydrogens is 252 g/mol. The molecule has 0 saturated carbocycles. The van der Waals surface area contributed by atoms with Crippen molar-refractivity contribution in [1.29, 1.82) is 5.41 Å². The first kappa shape index (κ1) is 12.6. The number of pyridine rings is 1. The molecule has 0 radical (unpaired) electrons. The monoisotopic (exact) mass is 268 g/mol. The van der Waals surface area contributed by atoms with E-state index in [9.17, 15) is 4.79 Å². The number of carbonyl (C=O) groups excluding carboxylic acids is 1. The Balaban J connectivity index is 2.04. The van der Waals surface area contributed by atoms with Crippen LogP contribution in [-0.2, 0) is 0 Å². The van der Waals surface area contributed by atoms with Gasteiger partial charge >= 0.3 is 6.03 Å². The molecule has 2 aromatic rings. The number of nitrogens with one attached hydrogen (secondary N) is 2. The summed E-state index contributed by atoms with van der Waals surface area (Å²) in [6.45, 7) is 2.67. The summed E-state index contributed by atoms with van der Waals surface area (Å²) in [5.74, 6) is 0.242. The van der Waals surface area contributed by atoms with Gasteiger partial charge < -0.3 is 4.90 Å². The lowest BCUT2D eigenvalue weighted by Gasteiger charge is -2.22. The van der Waals surface area contributed by atoms with E-state index in [1.807, 2.05) is 37.3 Å². The first-order valence-corrected chi connectivity index (χ1v) is 6.71. The molecule has 5 nitrogen and oxygen atoms in total. The number of aromatic nitrogens is 1. The second-order valence-electron chi connectivity index (χ2n) is 4.90. The van der Waals surface area contributed by atoms with E-state index in [1.165, 1.54) is 0 Å². The predicted molar refractivity (Wildman–Crippen MR) is 77.7 cm³/mol. The van der Waals surface area contributed by atoms with Crippen LogP contribution in [0.4, 0.5) is 4.79 Å². The number of benzene rings is 1. The van der Waals surface area contributed by atoms with E-state index >= 15 is 0 Å². The number of amidine groups is 1. The molecule has 0 bridgehead atoms. The average Bonchev–Trinajstić information content (AvgIpc) is 2.73. The van der Waals surface area contributed by atoms with Crippen LogP contribution in [-0.4, -0.2) is 28.3 Å². The van der Waals surface area contributed by atoms with Gasteiger partial charge in [-0.25, -0.2) is 4.79 Å². The molecule has 2 N–H and O–H groups in total. The van der Waals surface area contributed by atoms with E-state index < -0.39 is 0 Å². The third kappa shape index (κ3) is 2.01. The van der Waals surface area contributed by atoms with Gasteiger partial charge in [0, 0.05) is 18.1 Å². The molecule has 1 saturated heterocycles. The lowest BCUT2D eigenvalue weighted by molar-refractivity contribution is 0.206. The number of urea groups is 1. The van der Waals surface area contributed by atoms with E-state index in [2.05, 4.69) is 10.3 Å². The van der Waals surface area contributed by atoms with Gasteiger partial charge in [0.2, 0.25) is 0 Å². The normalized spacial score (nSPS) is 18.6. The first-order chi connectivity index (χ1) is 9.70. The molecule has 1 aromatic carbocycles. The predicted octanol–water partition coefficient (Wildman–Crippen LogP) is 2.69. The van der Waals surface area contributed by atoms with Crippen LogP contribution in [0.25, 0.3) is 10.9 Å². The molecule has 0 spiro atoms. The lowest BCUT2D eigenvalue weighted by Crippen LogP contribution is -2.30. The molecule has 0 aliphatic carbocycles. The van der Waals surface area contributed by atoms with Gasteiger partial charge in [-0.05, 0) is 30.2 Å². The highest BCUT2D eigenvalue weighted by atomic mass is 16.2. The van der Waals surface area contributed by atoms with Gasteiger partial charge in [-0.3, -0.25) is 15.7 Å². The molecular formula is C15H16N4O. The summed E-state index contributed by atoms with van der Waals surface area (Å²) in [4.78, 5) is 17.9. The van der Waals surface area contributed by atoms with Gasteiger partial charge in [-0.1, -0.05) is 19.1 Å². The standard InChI is InChI=1S/C15H16N4O/c1-2-8-19-13(14(16)18-15(19)20)11-5-6-12-10(9-11)4-3-7-17-12/h3-7,9,13H,2,8H2,1H3,(H2,16,18,20). The fourth-order valence-corrected chi connectivity index (χ4v) is 2.61. The number of nitrogens with zero attached hydrogens (tertiary/aromatic N) is 2. The number of hydrogen-bond donors (Lipinski definition) is 2. The maximum Gasteiger partial charge on any atom is 0.323 e. The SMILES string of the molecule is CCCN1C(=O)NC(=N)C1c1ccc2ncccc2c1. The summed E-state index contributed by atoms with van der Waals surface area (Å²) in [7, 11) is 0. The van der Waals surface area contributed by atoms with Crippen molar-refractivity contribution in [2.45, 2.75) is 19.4 Å². The molecule has 102 valence electrons. The minimum Gasteiger partial charge on any atom is -0.310 e. The molecule has 1 aromatic heterocycles. The lowest BCUT2D eigenvalue weighted by atomic mass is 10.0. The third-order valence-corrected chi connectivity index (χ3v) is 3.49. The zero-order valence-corrected chi connectivity index (χ0v) is 11.3.